The number of nitrogens with zero attached hydrogens (tertiary/aromatic N) is 1. The van der Waals surface area contributed by atoms with E-state index in [4.69, 9.17) is 10.8 Å². The summed E-state index contributed by atoms with van der Waals surface area (Å²) in [7, 11) is 2.11. The zero-order chi connectivity index (χ0) is 10.1. The lowest BCUT2D eigenvalue weighted by atomic mass is 10.2. The van der Waals surface area contributed by atoms with Gasteiger partial charge in [-0.2, -0.15) is 0 Å². The van der Waals surface area contributed by atoms with Crippen molar-refractivity contribution in [3.8, 4) is 0 Å². The first-order valence-electron chi connectivity index (χ1n) is 5.21. The van der Waals surface area contributed by atoms with Crippen molar-refractivity contribution in [3.05, 3.63) is 0 Å². The molecule has 13 heavy (non-hydrogen) atoms. The van der Waals surface area contributed by atoms with Crippen molar-refractivity contribution >= 4 is 0 Å². The van der Waals surface area contributed by atoms with E-state index in [9.17, 15) is 0 Å². The molecule has 0 fully saturated rings. The van der Waals surface area contributed by atoms with E-state index < -0.39 is 0 Å². The fourth-order valence-corrected chi connectivity index (χ4v) is 1.43. The average Bonchev–Trinajstić information content (AvgIpc) is 2.02. The summed E-state index contributed by atoms with van der Waals surface area (Å²) in [5, 5.41) is 8.57. The van der Waals surface area contributed by atoms with Crippen LogP contribution < -0.4 is 5.73 Å². The molecule has 0 spiro atoms. The monoisotopic (exact) mass is 188 g/mol. The molecule has 0 aliphatic heterocycles. The van der Waals surface area contributed by atoms with Gasteiger partial charge in [-0.05, 0) is 33.4 Å². The number of aliphatic hydroxyl groups is 1. The fraction of sp³-hybridized carbons (Fsp3) is 1.00. The second-order valence-corrected chi connectivity index (χ2v) is 3.88. The van der Waals surface area contributed by atoms with Crippen LogP contribution >= 0.6 is 0 Å². The van der Waals surface area contributed by atoms with Gasteiger partial charge < -0.3 is 15.7 Å². The Morgan fingerprint density at radius 2 is 1.85 bits per heavy atom. The molecule has 0 aliphatic carbocycles. The number of unbranched alkanes of at least 4 members (excludes halogenated alkanes) is 3. The smallest absolute Gasteiger partial charge is 0.0431 e. The Morgan fingerprint density at radius 3 is 2.38 bits per heavy atom. The highest BCUT2D eigenvalue weighted by Crippen LogP contribution is 2.00. The minimum Gasteiger partial charge on any atom is -0.396 e. The third-order valence-electron chi connectivity index (χ3n) is 2.05. The van der Waals surface area contributed by atoms with Gasteiger partial charge >= 0.3 is 0 Å². The molecule has 0 heterocycles. The van der Waals surface area contributed by atoms with Crippen molar-refractivity contribution in [2.45, 2.75) is 38.6 Å². The lowest BCUT2D eigenvalue weighted by Crippen LogP contribution is -2.33. The third kappa shape index (κ3) is 9.80. The predicted octanol–water partition coefficient (Wildman–Crippen LogP) is 0.818. The minimum absolute atomic E-state index is 0.266. The van der Waals surface area contributed by atoms with Crippen molar-refractivity contribution in [1.29, 1.82) is 0 Å². The summed E-state index contributed by atoms with van der Waals surface area (Å²) in [5.74, 6) is 0. The SMILES string of the molecule is CC(N)CN(C)CCCCCCO. The normalized spacial score (nSPS) is 13.6. The van der Waals surface area contributed by atoms with E-state index in [1.165, 1.54) is 12.8 Å². The Kier molecular flexibility index (Phi) is 8.40. The molecule has 0 rings (SSSR count). The van der Waals surface area contributed by atoms with Gasteiger partial charge in [0.2, 0.25) is 0 Å². The lowest BCUT2D eigenvalue weighted by molar-refractivity contribution is 0.276. The van der Waals surface area contributed by atoms with Crippen LogP contribution in [-0.2, 0) is 0 Å². The number of hydrogen-bond acceptors (Lipinski definition) is 3. The fourth-order valence-electron chi connectivity index (χ4n) is 1.43. The van der Waals surface area contributed by atoms with Crippen LogP contribution in [0.5, 0.6) is 0 Å². The molecule has 0 bridgehead atoms. The van der Waals surface area contributed by atoms with Crippen LogP contribution in [0, 0.1) is 0 Å². The molecule has 0 radical (unpaired) electrons. The van der Waals surface area contributed by atoms with E-state index in [-0.39, 0.29) is 6.04 Å². The molecular weight excluding hydrogens is 164 g/mol. The Hall–Kier alpha value is -0.120. The van der Waals surface area contributed by atoms with Crippen LogP contribution in [0.2, 0.25) is 0 Å². The molecule has 0 aromatic carbocycles. The Bertz CT molecular complexity index is 107. The highest BCUT2D eigenvalue weighted by Gasteiger charge is 2.00. The molecule has 0 amide bonds. The number of aliphatic hydroxyl groups excluding tert-OH is 1. The molecule has 0 aromatic rings. The molecule has 3 N–H and O–H groups in total. The van der Waals surface area contributed by atoms with Crippen molar-refractivity contribution in [3.63, 3.8) is 0 Å². The first-order chi connectivity index (χ1) is 6.16. The van der Waals surface area contributed by atoms with E-state index >= 15 is 0 Å². The largest absolute Gasteiger partial charge is 0.396 e. The second kappa shape index (κ2) is 8.48. The number of hydrogen-bond donors (Lipinski definition) is 2. The van der Waals surface area contributed by atoms with E-state index in [1.54, 1.807) is 0 Å². The van der Waals surface area contributed by atoms with E-state index in [0.29, 0.717) is 6.61 Å². The Balaban J connectivity index is 3.12. The maximum Gasteiger partial charge on any atom is 0.0431 e. The standard InChI is InChI=1S/C10H24N2O/c1-10(11)9-12(2)7-5-3-4-6-8-13/h10,13H,3-9,11H2,1-2H3. The molecule has 3 nitrogen and oxygen atoms in total. The van der Waals surface area contributed by atoms with E-state index in [2.05, 4.69) is 11.9 Å². The highest BCUT2D eigenvalue weighted by atomic mass is 16.2. The lowest BCUT2D eigenvalue weighted by Gasteiger charge is -2.18. The molecule has 0 aromatic heterocycles. The van der Waals surface area contributed by atoms with Gasteiger partial charge in [0.15, 0.2) is 0 Å². The number of likely N-dealkylation sites (N-methyl/N-ethyl adjacent to an activating group) is 1. The quantitative estimate of drug-likeness (QED) is 0.554. The Labute approximate surface area is 81.9 Å². The zero-order valence-electron chi connectivity index (χ0n) is 9.00. The van der Waals surface area contributed by atoms with Gasteiger partial charge in [0.05, 0.1) is 0 Å². The van der Waals surface area contributed by atoms with Gasteiger partial charge in [0.1, 0.15) is 0 Å². The predicted molar refractivity (Wildman–Crippen MR) is 56.7 cm³/mol. The number of rotatable bonds is 8. The van der Waals surface area contributed by atoms with Crippen molar-refractivity contribution in [2.75, 3.05) is 26.7 Å². The van der Waals surface area contributed by atoms with E-state index in [0.717, 1.165) is 25.9 Å². The summed E-state index contributed by atoms with van der Waals surface area (Å²) in [6, 6.07) is 0.266. The minimum atomic E-state index is 0.266. The van der Waals surface area contributed by atoms with E-state index in [1.807, 2.05) is 6.92 Å². The molecule has 0 saturated heterocycles. The van der Waals surface area contributed by atoms with Gasteiger partial charge in [-0.3, -0.25) is 0 Å². The van der Waals surface area contributed by atoms with Gasteiger partial charge in [0, 0.05) is 19.2 Å². The van der Waals surface area contributed by atoms with Crippen LogP contribution in [0.25, 0.3) is 0 Å². The van der Waals surface area contributed by atoms with Crippen molar-refractivity contribution < 1.29 is 5.11 Å². The second-order valence-electron chi connectivity index (χ2n) is 3.88. The van der Waals surface area contributed by atoms with Gasteiger partial charge in [-0.25, -0.2) is 0 Å². The van der Waals surface area contributed by atoms with Gasteiger partial charge in [-0.15, -0.1) is 0 Å². The summed E-state index contributed by atoms with van der Waals surface area (Å²) in [4.78, 5) is 2.27. The van der Waals surface area contributed by atoms with Crippen LogP contribution in [0.4, 0.5) is 0 Å². The van der Waals surface area contributed by atoms with Crippen molar-refractivity contribution in [1.82, 2.24) is 4.90 Å². The third-order valence-corrected chi connectivity index (χ3v) is 2.05. The molecule has 3 heteroatoms. The maximum absolute atomic E-state index is 8.57. The molecule has 0 saturated carbocycles. The highest BCUT2D eigenvalue weighted by molar-refractivity contribution is 4.59. The zero-order valence-corrected chi connectivity index (χ0v) is 9.00. The summed E-state index contributed by atoms with van der Waals surface area (Å²) < 4.78 is 0. The first kappa shape index (κ1) is 12.9. The molecule has 80 valence electrons. The molecule has 1 atom stereocenters. The first-order valence-corrected chi connectivity index (χ1v) is 5.21. The van der Waals surface area contributed by atoms with Gasteiger partial charge in [-0.1, -0.05) is 12.8 Å². The van der Waals surface area contributed by atoms with Crippen LogP contribution in [0.15, 0.2) is 0 Å². The topological polar surface area (TPSA) is 49.5 Å². The average molecular weight is 188 g/mol. The summed E-state index contributed by atoms with van der Waals surface area (Å²) in [6.45, 7) is 4.45. The Morgan fingerprint density at radius 1 is 1.23 bits per heavy atom. The van der Waals surface area contributed by atoms with Crippen LogP contribution in [0.3, 0.4) is 0 Å². The summed E-state index contributed by atoms with van der Waals surface area (Å²) in [6.07, 6.45) is 4.51. The summed E-state index contributed by atoms with van der Waals surface area (Å²) in [5.41, 5.74) is 5.67. The summed E-state index contributed by atoms with van der Waals surface area (Å²) >= 11 is 0. The molecule has 1 unspecified atom stereocenters. The van der Waals surface area contributed by atoms with Crippen LogP contribution in [-0.4, -0.2) is 42.8 Å². The van der Waals surface area contributed by atoms with Gasteiger partial charge in [0.25, 0.3) is 0 Å². The number of nitrogens with two attached hydrogens (primary N) is 1. The molecule has 0 aliphatic rings. The molecular formula is C10H24N2O. The van der Waals surface area contributed by atoms with Crippen LogP contribution in [0.1, 0.15) is 32.6 Å². The maximum atomic E-state index is 8.57. The van der Waals surface area contributed by atoms with Crippen molar-refractivity contribution in [2.24, 2.45) is 5.73 Å².